The van der Waals surface area contributed by atoms with Crippen LogP contribution < -0.4 is 10.6 Å². The number of nitrogens with one attached hydrogen (secondary N) is 2. The van der Waals surface area contributed by atoms with Gasteiger partial charge in [-0.2, -0.15) is 0 Å². The minimum absolute atomic E-state index is 0.313. The van der Waals surface area contributed by atoms with Crippen LogP contribution in [0.3, 0.4) is 0 Å². The predicted octanol–water partition coefficient (Wildman–Crippen LogP) is 5.05. The number of anilines is 2. The number of amides is 2. The number of aryl methyl sites for hydroxylation is 1. The second-order valence-corrected chi connectivity index (χ2v) is 5.28. The highest BCUT2D eigenvalue weighted by molar-refractivity contribution is 9.10. The van der Waals surface area contributed by atoms with E-state index < -0.39 is 0 Å². The van der Waals surface area contributed by atoms with E-state index in [2.05, 4.69) is 26.6 Å². The third-order valence-electron chi connectivity index (χ3n) is 2.55. The number of hydrogen-bond acceptors (Lipinski definition) is 1. The first-order chi connectivity index (χ1) is 9.06. The van der Waals surface area contributed by atoms with E-state index in [1.165, 1.54) is 0 Å². The lowest BCUT2D eigenvalue weighted by atomic mass is 10.2. The Kier molecular flexibility index (Phi) is 4.45. The Hall–Kier alpha value is -1.52. The standard InChI is InChI=1S/C14H12BrClN2O/c1-9-6-7-10(8-12(9)16)17-14(19)18-13-5-3-2-4-11(13)15/h2-8H,1H3,(H2,17,18,19). The zero-order chi connectivity index (χ0) is 13.8. The van der Waals surface area contributed by atoms with Crippen LogP contribution >= 0.6 is 27.5 Å². The molecular weight excluding hydrogens is 328 g/mol. The first-order valence-electron chi connectivity index (χ1n) is 5.65. The largest absolute Gasteiger partial charge is 0.323 e. The second kappa shape index (κ2) is 6.08. The number of carbonyl (C=O) groups excluding carboxylic acids is 1. The van der Waals surface area contributed by atoms with Gasteiger partial charge in [-0.1, -0.05) is 29.8 Å². The summed E-state index contributed by atoms with van der Waals surface area (Å²) in [5.74, 6) is 0. The number of rotatable bonds is 2. The average molecular weight is 340 g/mol. The fourth-order valence-corrected chi connectivity index (χ4v) is 2.08. The zero-order valence-electron chi connectivity index (χ0n) is 10.2. The Morgan fingerprint density at radius 2 is 1.89 bits per heavy atom. The molecule has 0 spiro atoms. The van der Waals surface area contributed by atoms with Gasteiger partial charge in [-0.3, -0.25) is 0 Å². The molecule has 0 aliphatic heterocycles. The summed E-state index contributed by atoms with van der Waals surface area (Å²) < 4.78 is 0.826. The minimum atomic E-state index is -0.313. The molecule has 0 aromatic heterocycles. The molecular formula is C14H12BrClN2O. The van der Waals surface area contributed by atoms with Crippen molar-refractivity contribution in [2.75, 3.05) is 10.6 Å². The molecule has 0 fully saturated rings. The lowest BCUT2D eigenvalue weighted by Gasteiger charge is -2.09. The quantitative estimate of drug-likeness (QED) is 0.789. The van der Waals surface area contributed by atoms with Crippen LogP contribution in [0.1, 0.15) is 5.56 Å². The van der Waals surface area contributed by atoms with Crippen LogP contribution in [0.15, 0.2) is 46.9 Å². The molecule has 0 aliphatic carbocycles. The minimum Gasteiger partial charge on any atom is -0.308 e. The Morgan fingerprint density at radius 1 is 1.16 bits per heavy atom. The summed E-state index contributed by atoms with van der Waals surface area (Å²) >= 11 is 9.37. The lowest BCUT2D eigenvalue weighted by Crippen LogP contribution is -2.19. The van der Waals surface area contributed by atoms with Crippen LogP contribution in [0.4, 0.5) is 16.2 Å². The summed E-state index contributed by atoms with van der Waals surface area (Å²) in [4.78, 5) is 11.8. The number of hydrogen-bond donors (Lipinski definition) is 2. The fraction of sp³-hybridized carbons (Fsp3) is 0.0714. The van der Waals surface area contributed by atoms with Crippen LogP contribution in [0.5, 0.6) is 0 Å². The van der Waals surface area contributed by atoms with Crippen LogP contribution in [0, 0.1) is 6.92 Å². The smallest absolute Gasteiger partial charge is 0.308 e. The Bertz CT molecular complexity index is 616. The van der Waals surface area contributed by atoms with Gasteiger partial charge in [0.25, 0.3) is 0 Å². The first kappa shape index (κ1) is 13.9. The van der Waals surface area contributed by atoms with Gasteiger partial charge in [0.05, 0.1) is 5.69 Å². The number of carbonyl (C=O) groups is 1. The van der Waals surface area contributed by atoms with Gasteiger partial charge >= 0.3 is 6.03 Å². The molecule has 0 atom stereocenters. The number of urea groups is 1. The number of para-hydroxylation sites is 1. The van der Waals surface area contributed by atoms with E-state index in [0.29, 0.717) is 16.4 Å². The Balaban J connectivity index is 2.05. The molecule has 0 unspecified atom stereocenters. The van der Waals surface area contributed by atoms with Gasteiger partial charge < -0.3 is 10.6 Å². The van der Waals surface area contributed by atoms with Crippen LogP contribution in [-0.4, -0.2) is 6.03 Å². The molecule has 0 bridgehead atoms. The summed E-state index contributed by atoms with van der Waals surface area (Å²) in [7, 11) is 0. The van der Waals surface area contributed by atoms with Crippen molar-refractivity contribution >= 4 is 44.9 Å². The first-order valence-corrected chi connectivity index (χ1v) is 6.82. The molecule has 2 aromatic carbocycles. The molecule has 5 heteroatoms. The zero-order valence-corrected chi connectivity index (χ0v) is 12.5. The highest BCUT2D eigenvalue weighted by Gasteiger charge is 2.06. The normalized spacial score (nSPS) is 10.1. The molecule has 0 saturated carbocycles. The molecule has 2 amide bonds. The van der Waals surface area contributed by atoms with Gasteiger partial charge in [-0.15, -0.1) is 0 Å². The molecule has 0 aliphatic rings. The van der Waals surface area contributed by atoms with Crippen molar-refractivity contribution in [1.82, 2.24) is 0 Å². The topological polar surface area (TPSA) is 41.1 Å². The van der Waals surface area contributed by atoms with E-state index in [1.54, 1.807) is 12.1 Å². The second-order valence-electron chi connectivity index (χ2n) is 4.02. The Morgan fingerprint density at radius 3 is 2.58 bits per heavy atom. The van der Waals surface area contributed by atoms with E-state index in [0.717, 1.165) is 10.0 Å². The van der Waals surface area contributed by atoms with E-state index in [9.17, 15) is 4.79 Å². The van der Waals surface area contributed by atoms with Gasteiger partial charge in [0, 0.05) is 15.2 Å². The summed E-state index contributed by atoms with van der Waals surface area (Å²) in [5.41, 5.74) is 2.33. The van der Waals surface area contributed by atoms with Gasteiger partial charge in [0.1, 0.15) is 0 Å². The Labute approximate surface area is 125 Å². The number of benzene rings is 2. The van der Waals surface area contributed by atoms with Crippen molar-refractivity contribution in [2.45, 2.75) is 6.92 Å². The summed E-state index contributed by atoms with van der Waals surface area (Å²) in [6, 6.07) is 12.5. The monoisotopic (exact) mass is 338 g/mol. The highest BCUT2D eigenvalue weighted by Crippen LogP contribution is 2.22. The number of halogens is 2. The molecule has 0 radical (unpaired) electrons. The van der Waals surface area contributed by atoms with Crippen molar-refractivity contribution in [2.24, 2.45) is 0 Å². The van der Waals surface area contributed by atoms with E-state index in [1.807, 2.05) is 37.3 Å². The van der Waals surface area contributed by atoms with Gasteiger partial charge in [0.15, 0.2) is 0 Å². The SMILES string of the molecule is Cc1ccc(NC(=O)Nc2ccccc2Br)cc1Cl. The van der Waals surface area contributed by atoms with Crippen LogP contribution in [0.2, 0.25) is 5.02 Å². The lowest BCUT2D eigenvalue weighted by molar-refractivity contribution is 0.262. The van der Waals surface area contributed by atoms with Crippen LogP contribution in [-0.2, 0) is 0 Å². The maximum absolute atomic E-state index is 11.8. The molecule has 2 rings (SSSR count). The van der Waals surface area contributed by atoms with Crippen molar-refractivity contribution in [3.05, 3.63) is 57.5 Å². The molecule has 3 nitrogen and oxygen atoms in total. The summed E-state index contributed by atoms with van der Waals surface area (Å²) in [6.07, 6.45) is 0. The fourth-order valence-electron chi connectivity index (χ4n) is 1.52. The van der Waals surface area contributed by atoms with Gasteiger partial charge in [-0.05, 0) is 52.7 Å². The van der Waals surface area contributed by atoms with E-state index in [4.69, 9.17) is 11.6 Å². The summed E-state index contributed by atoms with van der Waals surface area (Å²) in [5, 5.41) is 6.11. The van der Waals surface area contributed by atoms with Crippen LogP contribution in [0.25, 0.3) is 0 Å². The van der Waals surface area contributed by atoms with Gasteiger partial charge in [0.2, 0.25) is 0 Å². The van der Waals surface area contributed by atoms with Gasteiger partial charge in [-0.25, -0.2) is 4.79 Å². The molecule has 0 heterocycles. The maximum atomic E-state index is 11.8. The highest BCUT2D eigenvalue weighted by atomic mass is 79.9. The maximum Gasteiger partial charge on any atom is 0.323 e. The predicted molar refractivity (Wildman–Crippen MR) is 83.0 cm³/mol. The summed E-state index contributed by atoms with van der Waals surface area (Å²) in [6.45, 7) is 1.91. The third kappa shape index (κ3) is 3.72. The molecule has 0 saturated heterocycles. The molecule has 19 heavy (non-hydrogen) atoms. The van der Waals surface area contributed by atoms with E-state index >= 15 is 0 Å². The molecule has 98 valence electrons. The average Bonchev–Trinajstić information content (AvgIpc) is 2.37. The van der Waals surface area contributed by atoms with E-state index in [-0.39, 0.29) is 6.03 Å². The molecule has 2 aromatic rings. The van der Waals surface area contributed by atoms with Crippen molar-refractivity contribution in [1.29, 1.82) is 0 Å². The molecule has 2 N–H and O–H groups in total. The van der Waals surface area contributed by atoms with Crippen molar-refractivity contribution < 1.29 is 4.79 Å². The third-order valence-corrected chi connectivity index (χ3v) is 3.65. The van der Waals surface area contributed by atoms with Crippen molar-refractivity contribution in [3.63, 3.8) is 0 Å². The van der Waals surface area contributed by atoms with Crippen molar-refractivity contribution in [3.8, 4) is 0 Å².